The second-order valence-corrected chi connectivity index (χ2v) is 4.66. The first-order valence-electron chi connectivity index (χ1n) is 6.28. The Morgan fingerprint density at radius 2 is 2.22 bits per heavy atom. The highest BCUT2D eigenvalue weighted by Gasteiger charge is 2.20. The molecule has 2 heterocycles. The molecule has 1 amide bonds. The normalized spacial score (nSPS) is 17.6. The van der Waals surface area contributed by atoms with E-state index in [4.69, 9.17) is 10.5 Å². The molecule has 0 spiro atoms. The predicted molar refractivity (Wildman–Crippen MR) is 68.1 cm³/mol. The van der Waals surface area contributed by atoms with Crippen molar-refractivity contribution in [2.24, 2.45) is 11.7 Å². The highest BCUT2D eigenvalue weighted by molar-refractivity contribution is 5.75. The highest BCUT2D eigenvalue weighted by atomic mass is 16.5. The molecular formula is C13H19N3O2. The van der Waals surface area contributed by atoms with E-state index in [1.807, 2.05) is 18.2 Å². The van der Waals surface area contributed by atoms with E-state index in [-0.39, 0.29) is 5.91 Å². The number of carbonyl (C=O) groups excluding carboxylic acids is 1. The van der Waals surface area contributed by atoms with Crippen LogP contribution in [0.5, 0.6) is 5.88 Å². The Morgan fingerprint density at radius 1 is 1.44 bits per heavy atom. The molecule has 98 valence electrons. The topological polar surface area (TPSA) is 68.5 Å². The van der Waals surface area contributed by atoms with Gasteiger partial charge in [0.15, 0.2) is 0 Å². The van der Waals surface area contributed by atoms with Gasteiger partial charge in [-0.05, 0) is 37.9 Å². The minimum Gasteiger partial charge on any atom is -0.477 e. The van der Waals surface area contributed by atoms with E-state index < -0.39 is 0 Å². The van der Waals surface area contributed by atoms with Crippen LogP contribution in [0.25, 0.3) is 0 Å². The number of ether oxygens (including phenoxy) is 1. The number of likely N-dealkylation sites (tertiary alicyclic amines) is 1. The summed E-state index contributed by atoms with van der Waals surface area (Å²) in [5.74, 6) is 0.964. The first kappa shape index (κ1) is 12.8. The fraction of sp³-hybridized carbons (Fsp3) is 0.538. The maximum Gasteiger partial charge on any atom is 0.231 e. The Balaban J connectivity index is 1.69. The number of nitrogens with zero attached hydrogens (tertiary/aromatic N) is 2. The van der Waals surface area contributed by atoms with Crippen molar-refractivity contribution in [3.63, 3.8) is 0 Å². The van der Waals surface area contributed by atoms with E-state index >= 15 is 0 Å². The molecule has 5 heteroatoms. The van der Waals surface area contributed by atoms with Gasteiger partial charge in [-0.2, -0.15) is 0 Å². The number of rotatable bonds is 5. The summed E-state index contributed by atoms with van der Waals surface area (Å²) in [4.78, 5) is 17.0. The molecule has 0 unspecified atom stereocenters. The number of hydrogen-bond acceptors (Lipinski definition) is 4. The van der Waals surface area contributed by atoms with E-state index in [1.165, 1.54) is 0 Å². The van der Waals surface area contributed by atoms with Gasteiger partial charge >= 0.3 is 0 Å². The van der Waals surface area contributed by atoms with Crippen molar-refractivity contribution in [2.45, 2.75) is 12.8 Å². The third kappa shape index (κ3) is 4.00. The Labute approximate surface area is 107 Å². The Hall–Kier alpha value is -1.62. The zero-order chi connectivity index (χ0) is 12.8. The van der Waals surface area contributed by atoms with Gasteiger partial charge in [-0.15, -0.1) is 0 Å². The van der Waals surface area contributed by atoms with E-state index in [1.54, 1.807) is 6.20 Å². The second-order valence-electron chi connectivity index (χ2n) is 4.66. The smallest absolute Gasteiger partial charge is 0.231 e. The molecule has 1 fully saturated rings. The summed E-state index contributed by atoms with van der Waals surface area (Å²) >= 11 is 0. The molecule has 0 atom stereocenters. The molecule has 0 saturated carbocycles. The summed E-state index contributed by atoms with van der Waals surface area (Å²) in [5.41, 5.74) is 5.18. The molecule has 5 nitrogen and oxygen atoms in total. The summed E-state index contributed by atoms with van der Waals surface area (Å²) in [7, 11) is 0. The summed E-state index contributed by atoms with van der Waals surface area (Å²) in [6, 6.07) is 5.65. The number of hydrogen-bond donors (Lipinski definition) is 1. The number of nitrogens with two attached hydrogens (primary N) is 1. The SMILES string of the molecule is NC(=O)CN1CCC(COc2ccccn2)CC1. The van der Waals surface area contributed by atoms with Crippen LogP contribution in [0.1, 0.15) is 12.8 Å². The molecule has 0 aliphatic carbocycles. The minimum atomic E-state index is -0.252. The van der Waals surface area contributed by atoms with Crippen LogP contribution in [0.3, 0.4) is 0 Å². The molecule has 18 heavy (non-hydrogen) atoms. The molecule has 1 saturated heterocycles. The predicted octanol–water partition coefficient (Wildman–Crippen LogP) is 0.658. The summed E-state index contributed by atoms with van der Waals surface area (Å²) < 4.78 is 5.64. The van der Waals surface area contributed by atoms with Gasteiger partial charge in [0.25, 0.3) is 0 Å². The van der Waals surface area contributed by atoms with E-state index in [2.05, 4.69) is 9.88 Å². The van der Waals surface area contributed by atoms with Crippen molar-refractivity contribution in [1.29, 1.82) is 0 Å². The number of amides is 1. The van der Waals surface area contributed by atoms with Gasteiger partial charge in [0.2, 0.25) is 11.8 Å². The van der Waals surface area contributed by atoms with Crippen molar-refractivity contribution in [1.82, 2.24) is 9.88 Å². The summed E-state index contributed by atoms with van der Waals surface area (Å²) in [6.07, 6.45) is 3.81. The number of primary amides is 1. The minimum absolute atomic E-state index is 0.252. The van der Waals surface area contributed by atoms with Crippen LogP contribution in [0, 0.1) is 5.92 Å². The van der Waals surface area contributed by atoms with Gasteiger partial charge in [0, 0.05) is 12.3 Å². The lowest BCUT2D eigenvalue weighted by Gasteiger charge is -2.30. The van der Waals surface area contributed by atoms with Crippen molar-refractivity contribution in [3.8, 4) is 5.88 Å². The number of aromatic nitrogens is 1. The van der Waals surface area contributed by atoms with Crippen molar-refractivity contribution in [3.05, 3.63) is 24.4 Å². The first-order chi connectivity index (χ1) is 8.74. The van der Waals surface area contributed by atoms with Gasteiger partial charge in [0.05, 0.1) is 13.2 Å². The number of pyridine rings is 1. The molecular weight excluding hydrogens is 230 g/mol. The number of carbonyl (C=O) groups is 1. The average Bonchev–Trinajstić information content (AvgIpc) is 2.38. The van der Waals surface area contributed by atoms with Crippen molar-refractivity contribution in [2.75, 3.05) is 26.2 Å². The fourth-order valence-electron chi connectivity index (χ4n) is 2.17. The van der Waals surface area contributed by atoms with Crippen LogP contribution < -0.4 is 10.5 Å². The fourth-order valence-corrected chi connectivity index (χ4v) is 2.17. The molecule has 1 aromatic heterocycles. The summed E-state index contributed by atoms with van der Waals surface area (Å²) in [5, 5.41) is 0. The van der Waals surface area contributed by atoms with E-state index in [9.17, 15) is 4.79 Å². The standard InChI is InChI=1S/C13H19N3O2/c14-12(17)9-16-7-4-11(5-8-16)10-18-13-3-1-2-6-15-13/h1-3,6,11H,4-5,7-10H2,(H2,14,17). The van der Waals surface area contributed by atoms with Crippen LogP contribution >= 0.6 is 0 Å². The molecule has 0 bridgehead atoms. The van der Waals surface area contributed by atoms with Gasteiger partial charge in [-0.1, -0.05) is 6.07 Å². The lowest BCUT2D eigenvalue weighted by atomic mass is 9.98. The zero-order valence-corrected chi connectivity index (χ0v) is 10.4. The summed E-state index contributed by atoms with van der Waals surface area (Å²) in [6.45, 7) is 2.90. The second kappa shape index (κ2) is 6.35. The average molecular weight is 249 g/mol. The molecule has 0 radical (unpaired) electrons. The first-order valence-corrected chi connectivity index (χ1v) is 6.28. The third-order valence-electron chi connectivity index (χ3n) is 3.19. The molecule has 1 aromatic rings. The lowest BCUT2D eigenvalue weighted by Crippen LogP contribution is -2.40. The van der Waals surface area contributed by atoms with Crippen LogP contribution in [0.2, 0.25) is 0 Å². The molecule has 2 rings (SSSR count). The number of piperidine rings is 1. The van der Waals surface area contributed by atoms with Gasteiger partial charge in [0.1, 0.15) is 0 Å². The van der Waals surface area contributed by atoms with Crippen LogP contribution in [0.4, 0.5) is 0 Å². The molecule has 1 aliphatic rings. The van der Waals surface area contributed by atoms with Gasteiger partial charge in [-0.25, -0.2) is 4.98 Å². The van der Waals surface area contributed by atoms with Crippen molar-refractivity contribution < 1.29 is 9.53 Å². The zero-order valence-electron chi connectivity index (χ0n) is 10.4. The van der Waals surface area contributed by atoms with Crippen LogP contribution in [-0.2, 0) is 4.79 Å². The van der Waals surface area contributed by atoms with E-state index in [0.717, 1.165) is 25.9 Å². The van der Waals surface area contributed by atoms with Crippen molar-refractivity contribution >= 4 is 5.91 Å². The Kier molecular flexibility index (Phi) is 4.52. The Morgan fingerprint density at radius 3 is 2.83 bits per heavy atom. The molecule has 1 aliphatic heterocycles. The largest absolute Gasteiger partial charge is 0.477 e. The maximum atomic E-state index is 10.8. The quantitative estimate of drug-likeness (QED) is 0.832. The van der Waals surface area contributed by atoms with Crippen LogP contribution in [-0.4, -0.2) is 42.0 Å². The third-order valence-corrected chi connectivity index (χ3v) is 3.19. The van der Waals surface area contributed by atoms with Gasteiger partial charge in [-0.3, -0.25) is 9.69 Å². The van der Waals surface area contributed by atoms with Crippen LogP contribution in [0.15, 0.2) is 24.4 Å². The lowest BCUT2D eigenvalue weighted by molar-refractivity contribution is -0.119. The van der Waals surface area contributed by atoms with E-state index in [0.29, 0.717) is 24.9 Å². The van der Waals surface area contributed by atoms with Gasteiger partial charge < -0.3 is 10.5 Å². The molecule has 0 aromatic carbocycles. The Bertz CT molecular complexity index is 375. The molecule has 2 N–H and O–H groups in total. The monoisotopic (exact) mass is 249 g/mol. The maximum absolute atomic E-state index is 10.8. The highest BCUT2D eigenvalue weighted by Crippen LogP contribution is 2.18.